The number of carbonyl (C=O) groups is 1. The first-order valence-electron chi connectivity index (χ1n) is 8.30. The van der Waals surface area contributed by atoms with Crippen LogP contribution in [-0.4, -0.2) is 37.1 Å². The summed E-state index contributed by atoms with van der Waals surface area (Å²) in [6.07, 6.45) is 9.57. The molecule has 2 aromatic rings. The van der Waals surface area contributed by atoms with Crippen molar-refractivity contribution in [2.75, 3.05) is 5.75 Å². The summed E-state index contributed by atoms with van der Waals surface area (Å²) in [4.78, 5) is 23.3. The van der Waals surface area contributed by atoms with Crippen LogP contribution in [-0.2, 0) is 16.9 Å². The van der Waals surface area contributed by atoms with Gasteiger partial charge in [-0.1, -0.05) is 17.8 Å². The molecule has 24 heavy (non-hydrogen) atoms. The Labute approximate surface area is 147 Å². The van der Waals surface area contributed by atoms with Crippen LogP contribution >= 0.6 is 11.8 Å². The topological polar surface area (TPSA) is 51.0 Å². The van der Waals surface area contributed by atoms with Crippen molar-refractivity contribution in [1.29, 1.82) is 0 Å². The highest BCUT2D eigenvalue weighted by Crippen LogP contribution is 2.30. The molecule has 1 aliphatic rings. The minimum absolute atomic E-state index is 0.0340. The van der Waals surface area contributed by atoms with E-state index in [1.54, 1.807) is 12.4 Å². The molecule has 1 fully saturated rings. The number of aromatic nitrogens is 3. The minimum Gasteiger partial charge on any atom is -0.335 e. The first-order chi connectivity index (χ1) is 11.4. The molecule has 2 aromatic heterocycles. The maximum Gasteiger partial charge on any atom is 0.233 e. The van der Waals surface area contributed by atoms with Gasteiger partial charge in [-0.3, -0.25) is 9.78 Å². The third kappa shape index (κ3) is 4.17. The van der Waals surface area contributed by atoms with Gasteiger partial charge in [-0.2, -0.15) is 0 Å². The molecule has 0 bridgehead atoms. The third-order valence-corrected chi connectivity index (χ3v) is 4.99. The van der Waals surface area contributed by atoms with E-state index < -0.39 is 0 Å². The van der Waals surface area contributed by atoms with Crippen LogP contribution in [0.4, 0.5) is 0 Å². The average Bonchev–Trinajstić information content (AvgIpc) is 3.26. The molecule has 0 N–H and O–H groups in total. The van der Waals surface area contributed by atoms with E-state index in [9.17, 15) is 4.79 Å². The van der Waals surface area contributed by atoms with E-state index in [0.29, 0.717) is 18.3 Å². The van der Waals surface area contributed by atoms with E-state index in [1.165, 1.54) is 11.8 Å². The molecule has 6 heteroatoms. The number of nitrogens with zero attached hydrogens (tertiary/aromatic N) is 4. The predicted octanol–water partition coefficient (Wildman–Crippen LogP) is 3.32. The van der Waals surface area contributed by atoms with Gasteiger partial charge in [0, 0.05) is 42.9 Å². The Bertz CT molecular complexity index is 689. The molecular formula is C18H24N4OS. The van der Waals surface area contributed by atoms with Crippen LogP contribution in [0.5, 0.6) is 0 Å². The summed E-state index contributed by atoms with van der Waals surface area (Å²) < 4.78 is 2.12. The van der Waals surface area contributed by atoms with Crippen molar-refractivity contribution in [2.24, 2.45) is 0 Å². The number of pyridine rings is 1. The van der Waals surface area contributed by atoms with Gasteiger partial charge >= 0.3 is 0 Å². The van der Waals surface area contributed by atoms with E-state index in [0.717, 1.165) is 23.6 Å². The van der Waals surface area contributed by atoms with Gasteiger partial charge in [0.2, 0.25) is 5.91 Å². The van der Waals surface area contributed by atoms with Crippen LogP contribution < -0.4 is 0 Å². The van der Waals surface area contributed by atoms with Gasteiger partial charge in [-0.25, -0.2) is 4.98 Å². The van der Waals surface area contributed by atoms with E-state index in [4.69, 9.17) is 0 Å². The lowest BCUT2D eigenvalue weighted by molar-refractivity contribution is -0.129. The SMILES string of the molecule is CC(C)(C)n1ccnc1SCC(=O)N(Cc1cccnc1)C1CC1. The highest BCUT2D eigenvalue weighted by atomic mass is 32.2. The number of carbonyl (C=O) groups excluding carboxylic acids is 1. The quantitative estimate of drug-likeness (QED) is 0.754. The van der Waals surface area contributed by atoms with Crippen molar-refractivity contribution >= 4 is 17.7 Å². The summed E-state index contributed by atoms with van der Waals surface area (Å²) in [6, 6.07) is 4.33. The summed E-state index contributed by atoms with van der Waals surface area (Å²) in [5.41, 5.74) is 1.05. The molecule has 5 nitrogen and oxygen atoms in total. The summed E-state index contributed by atoms with van der Waals surface area (Å²) >= 11 is 1.52. The summed E-state index contributed by atoms with van der Waals surface area (Å²) in [5, 5.41) is 0.896. The van der Waals surface area contributed by atoms with Gasteiger partial charge < -0.3 is 9.47 Å². The number of thioether (sulfide) groups is 1. The Morgan fingerprint density at radius 2 is 2.17 bits per heavy atom. The van der Waals surface area contributed by atoms with E-state index in [1.807, 2.05) is 29.4 Å². The minimum atomic E-state index is -0.0340. The lowest BCUT2D eigenvalue weighted by Crippen LogP contribution is -2.34. The summed E-state index contributed by atoms with van der Waals surface area (Å²) in [7, 11) is 0. The van der Waals surface area contributed by atoms with Crippen LogP contribution in [0.2, 0.25) is 0 Å². The molecule has 0 atom stereocenters. The first-order valence-corrected chi connectivity index (χ1v) is 9.29. The Morgan fingerprint density at radius 1 is 1.38 bits per heavy atom. The second kappa shape index (κ2) is 6.97. The average molecular weight is 344 g/mol. The first kappa shape index (κ1) is 17.0. The van der Waals surface area contributed by atoms with Gasteiger partial charge in [0.1, 0.15) is 0 Å². The summed E-state index contributed by atoms with van der Waals surface area (Å²) in [5.74, 6) is 0.596. The zero-order chi connectivity index (χ0) is 17.2. The standard InChI is InChI=1S/C18H24N4OS/c1-18(2,3)22-10-9-20-17(22)24-13-16(23)21(15-6-7-15)12-14-5-4-8-19-11-14/h4-5,8-11,15H,6-7,12-13H2,1-3H3. The van der Waals surface area contributed by atoms with Crippen molar-refractivity contribution in [3.63, 3.8) is 0 Å². The fourth-order valence-corrected chi connectivity index (χ4v) is 3.64. The molecule has 0 unspecified atom stereocenters. The molecular weight excluding hydrogens is 320 g/mol. The predicted molar refractivity (Wildman–Crippen MR) is 95.8 cm³/mol. The second-order valence-corrected chi connectivity index (χ2v) is 8.10. The van der Waals surface area contributed by atoms with Crippen molar-refractivity contribution in [1.82, 2.24) is 19.4 Å². The molecule has 0 spiro atoms. The molecule has 1 aliphatic carbocycles. The fraction of sp³-hybridized carbons (Fsp3) is 0.500. The fourth-order valence-electron chi connectivity index (χ4n) is 2.61. The maximum absolute atomic E-state index is 12.7. The second-order valence-electron chi connectivity index (χ2n) is 7.15. The smallest absolute Gasteiger partial charge is 0.233 e. The van der Waals surface area contributed by atoms with Crippen molar-refractivity contribution in [3.05, 3.63) is 42.5 Å². The maximum atomic E-state index is 12.7. The van der Waals surface area contributed by atoms with Crippen molar-refractivity contribution in [2.45, 2.75) is 56.9 Å². The van der Waals surface area contributed by atoms with E-state index in [-0.39, 0.29) is 11.4 Å². The zero-order valence-corrected chi connectivity index (χ0v) is 15.3. The van der Waals surface area contributed by atoms with Crippen LogP contribution in [0, 0.1) is 0 Å². The van der Waals surface area contributed by atoms with Crippen LogP contribution in [0.15, 0.2) is 42.1 Å². The normalized spacial score (nSPS) is 14.6. The van der Waals surface area contributed by atoms with Gasteiger partial charge in [-0.05, 0) is 45.2 Å². The van der Waals surface area contributed by atoms with Crippen molar-refractivity contribution < 1.29 is 4.79 Å². The molecule has 0 saturated heterocycles. The summed E-state index contributed by atoms with van der Waals surface area (Å²) in [6.45, 7) is 7.06. The third-order valence-electron chi connectivity index (χ3n) is 4.04. The molecule has 1 saturated carbocycles. The lowest BCUT2D eigenvalue weighted by Gasteiger charge is -2.24. The number of rotatable bonds is 6. The van der Waals surface area contributed by atoms with E-state index >= 15 is 0 Å². The molecule has 128 valence electrons. The highest BCUT2D eigenvalue weighted by Gasteiger charge is 2.32. The highest BCUT2D eigenvalue weighted by molar-refractivity contribution is 7.99. The molecule has 1 amide bonds. The van der Waals surface area contributed by atoms with Gasteiger partial charge in [0.15, 0.2) is 5.16 Å². The number of amides is 1. The van der Waals surface area contributed by atoms with Crippen LogP contribution in [0.1, 0.15) is 39.2 Å². The van der Waals surface area contributed by atoms with E-state index in [2.05, 4.69) is 35.3 Å². The number of hydrogen-bond acceptors (Lipinski definition) is 4. The Morgan fingerprint density at radius 3 is 2.79 bits per heavy atom. The molecule has 2 heterocycles. The van der Waals surface area contributed by atoms with Gasteiger partial charge in [0.25, 0.3) is 0 Å². The largest absolute Gasteiger partial charge is 0.335 e. The molecule has 0 radical (unpaired) electrons. The van der Waals surface area contributed by atoms with Crippen LogP contribution in [0.25, 0.3) is 0 Å². The Hall–Kier alpha value is -1.82. The molecule has 3 rings (SSSR count). The van der Waals surface area contributed by atoms with Gasteiger partial charge in [-0.15, -0.1) is 0 Å². The monoisotopic (exact) mass is 344 g/mol. The van der Waals surface area contributed by atoms with Gasteiger partial charge in [0.05, 0.1) is 5.75 Å². The van der Waals surface area contributed by atoms with Crippen LogP contribution in [0.3, 0.4) is 0 Å². The van der Waals surface area contributed by atoms with Crippen molar-refractivity contribution in [3.8, 4) is 0 Å². The Balaban J connectivity index is 1.64. The zero-order valence-electron chi connectivity index (χ0n) is 14.5. The number of imidazole rings is 1. The number of hydrogen-bond donors (Lipinski definition) is 0. The molecule has 0 aromatic carbocycles. The Kier molecular flexibility index (Phi) is 4.94. The molecule has 0 aliphatic heterocycles. The lowest BCUT2D eigenvalue weighted by atomic mass is 10.1.